The SMILES string of the molecule is CCn1ncc(-c2cc(C(F)(F)F)nc(NCCN)n2)c1C. The fraction of sp³-hybridized carbons (Fsp3) is 0.462. The van der Waals surface area contributed by atoms with Crippen LogP contribution in [0.5, 0.6) is 0 Å². The van der Waals surface area contributed by atoms with E-state index in [9.17, 15) is 13.2 Å². The summed E-state index contributed by atoms with van der Waals surface area (Å²) in [6.07, 6.45) is -3.04. The van der Waals surface area contributed by atoms with Gasteiger partial charge in [-0.05, 0) is 19.9 Å². The molecule has 2 heterocycles. The molecule has 6 nitrogen and oxygen atoms in total. The molecule has 0 spiro atoms. The summed E-state index contributed by atoms with van der Waals surface area (Å²) in [7, 11) is 0. The Morgan fingerprint density at radius 3 is 2.59 bits per heavy atom. The van der Waals surface area contributed by atoms with Crippen molar-refractivity contribution in [3.63, 3.8) is 0 Å². The first-order valence-corrected chi connectivity index (χ1v) is 6.79. The lowest BCUT2D eigenvalue weighted by Gasteiger charge is -2.11. The first-order chi connectivity index (χ1) is 10.4. The lowest BCUT2D eigenvalue weighted by atomic mass is 10.1. The van der Waals surface area contributed by atoms with Gasteiger partial charge in [0.1, 0.15) is 0 Å². The molecule has 0 aliphatic rings. The van der Waals surface area contributed by atoms with E-state index in [2.05, 4.69) is 20.4 Å². The second kappa shape index (κ2) is 6.30. The van der Waals surface area contributed by atoms with Crippen molar-refractivity contribution in [3.05, 3.63) is 23.7 Å². The number of nitrogens with one attached hydrogen (secondary N) is 1. The highest BCUT2D eigenvalue weighted by molar-refractivity contribution is 5.62. The molecule has 0 saturated carbocycles. The number of nitrogens with two attached hydrogens (primary N) is 1. The third-order valence-corrected chi connectivity index (χ3v) is 3.12. The van der Waals surface area contributed by atoms with Gasteiger partial charge in [-0.2, -0.15) is 18.3 Å². The van der Waals surface area contributed by atoms with Gasteiger partial charge in [0.05, 0.1) is 11.9 Å². The molecule has 2 rings (SSSR count). The molecule has 120 valence electrons. The number of nitrogens with zero attached hydrogens (tertiary/aromatic N) is 4. The third kappa shape index (κ3) is 3.35. The molecule has 0 aromatic carbocycles. The van der Waals surface area contributed by atoms with Gasteiger partial charge >= 0.3 is 6.18 Å². The summed E-state index contributed by atoms with van der Waals surface area (Å²) >= 11 is 0. The highest BCUT2D eigenvalue weighted by Gasteiger charge is 2.34. The van der Waals surface area contributed by atoms with Crippen LogP contribution in [0, 0.1) is 6.92 Å². The normalized spacial score (nSPS) is 11.7. The average molecular weight is 314 g/mol. The van der Waals surface area contributed by atoms with E-state index in [0.29, 0.717) is 12.1 Å². The van der Waals surface area contributed by atoms with Crippen molar-refractivity contribution >= 4 is 5.95 Å². The fourth-order valence-corrected chi connectivity index (χ4v) is 2.01. The Morgan fingerprint density at radius 2 is 2.05 bits per heavy atom. The summed E-state index contributed by atoms with van der Waals surface area (Å²) in [5.74, 6) is -0.0982. The summed E-state index contributed by atoms with van der Waals surface area (Å²) in [5, 5.41) is 6.81. The number of hydrogen-bond acceptors (Lipinski definition) is 5. The van der Waals surface area contributed by atoms with Gasteiger partial charge in [-0.1, -0.05) is 0 Å². The summed E-state index contributed by atoms with van der Waals surface area (Å²) in [4.78, 5) is 7.63. The van der Waals surface area contributed by atoms with E-state index in [1.165, 1.54) is 6.20 Å². The van der Waals surface area contributed by atoms with Crippen molar-refractivity contribution in [1.82, 2.24) is 19.7 Å². The molecule has 0 aliphatic carbocycles. The molecule has 22 heavy (non-hydrogen) atoms. The molecule has 2 aromatic heterocycles. The quantitative estimate of drug-likeness (QED) is 0.883. The molecule has 0 radical (unpaired) electrons. The Balaban J connectivity index is 2.51. The van der Waals surface area contributed by atoms with E-state index in [1.54, 1.807) is 11.6 Å². The van der Waals surface area contributed by atoms with Gasteiger partial charge in [-0.25, -0.2) is 9.97 Å². The van der Waals surface area contributed by atoms with Gasteiger partial charge in [-0.15, -0.1) is 0 Å². The van der Waals surface area contributed by atoms with E-state index in [1.807, 2.05) is 6.92 Å². The molecular weight excluding hydrogens is 297 g/mol. The average Bonchev–Trinajstić information content (AvgIpc) is 2.84. The fourth-order valence-electron chi connectivity index (χ4n) is 2.01. The summed E-state index contributed by atoms with van der Waals surface area (Å²) in [6.45, 7) is 4.87. The van der Waals surface area contributed by atoms with Gasteiger partial charge in [0, 0.05) is 30.9 Å². The Kier molecular flexibility index (Phi) is 4.65. The van der Waals surface area contributed by atoms with E-state index < -0.39 is 11.9 Å². The number of halogens is 3. The van der Waals surface area contributed by atoms with Crippen LogP contribution in [0.4, 0.5) is 19.1 Å². The summed E-state index contributed by atoms with van der Waals surface area (Å²) < 4.78 is 40.7. The molecule has 9 heteroatoms. The Bertz CT molecular complexity index is 650. The zero-order chi connectivity index (χ0) is 16.3. The van der Waals surface area contributed by atoms with Crippen molar-refractivity contribution in [1.29, 1.82) is 0 Å². The first-order valence-electron chi connectivity index (χ1n) is 6.79. The van der Waals surface area contributed by atoms with E-state index in [4.69, 9.17) is 5.73 Å². The highest BCUT2D eigenvalue weighted by atomic mass is 19.4. The molecule has 0 fully saturated rings. The lowest BCUT2D eigenvalue weighted by molar-refractivity contribution is -0.141. The minimum atomic E-state index is -4.55. The van der Waals surface area contributed by atoms with Crippen LogP contribution in [0.25, 0.3) is 11.3 Å². The number of hydrogen-bond donors (Lipinski definition) is 2. The zero-order valence-electron chi connectivity index (χ0n) is 12.3. The molecule has 3 N–H and O–H groups in total. The monoisotopic (exact) mass is 314 g/mol. The Morgan fingerprint density at radius 1 is 1.32 bits per heavy atom. The maximum atomic E-state index is 13.0. The second-order valence-electron chi connectivity index (χ2n) is 4.63. The van der Waals surface area contributed by atoms with E-state index in [-0.39, 0.29) is 24.7 Å². The van der Waals surface area contributed by atoms with Crippen LogP contribution in [0.2, 0.25) is 0 Å². The minimum Gasteiger partial charge on any atom is -0.353 e. The molecule has 2 aromatic rings. The summed E-state index contributed by atoms with van der Waals surface area (Å²) in [6, 6.07) is 0.928. The van der Waals surface area contributed by atoms with Crippen LogP contribution in [0.15, 0.2) is 12.3 Å². The van der Waals surface area contributed by atoms with Crippen LogP contribution >= 0.6 is 0 Å². The highest BCUT2D eigenvalue weighted by Crippen LogP contribution is 2.31. The molecule has 0 atom stereocenters. The van der Waals surface area contributed by atoms with E-state index >= 15 is 0 Å². The van der Waals surface area contributed by atoms with Gasteiger partial charge in [0.15, 0.2) is 5.69 Å². The summed E-state index contributed by atoms with van der Waals surface area (Å²) in [5.41, 5.74) is 5.82. The number of aromatic nitrogens is 4. The topological polar surface area (TPSA) is 81.7 Å². The number of anilines is 1. The number of alkyl halides is 3. The third-order valence-electron chi connectivity index (χ3n) is 3.12. The zero-order valence-corrected chi connectivity index (χ0v) is 12.3. The standard InChI is InChI=1S/C13H17F3N6/c1-3-22-8(2)9(7-19-22)10-6-11(13(14,15)16)21-12(20-10)18-5-4-17/h6-7H,3-5,17H2,1-2H3,(H,18,20,21). The van der Waals surface area contributed by atoms with Gasteiger partial charge in [0.25, 0.3) is 0 Å². The van der Waals surface area contributed by atoms with Gasteiger partial charge in [-0.3, -0.25) is 4.68 Å². The molecule has 0 unspecified atom stereocenters. The number of aryl methyl sites for hydroxylation is 1. The van der Waals surface area contributed by atoms with Crippen LogP contribution in [-0.2, 0) is 12.7 Å². The maximum absolute atomic E-state index is 13.0. The predicted octanol–water partition coefficient (Wildman–Crippen LogP) is 2.06. The Labute approximate surface area is 125 Å². The van der Waals surface area contributed by atoms with Crippen molar-refractivity contribution in [2.24, 2.45) is 5.73 Å². The lowest BCUT2D eigenvalue weighted by Crippen LogP contribution is -2.17. The molecule has 0 amide bonds. The van der Waals surface area contributed by atoms with Crippen molar-refractivity contribution in [2.45, 2.75) is 26.6 Å². The maximum Gasteiger partial charge on any atom is 0.433 e. The molecule has 0 saturated heterocycles. The smallest absolute Gasteiger partial charge is 0.353 e. The first kappa shape index (κ1) is 16.2. The van der Waals surface area contributed by atoms with Gasteiger partial charge < -0.3 is 11.1 Å². The predicted molar refractivity (Wildman–Crippen MR) is 76.2 cm³/mol. The minimum absolute atomic E-state index is 0.0982. The molecule has 0 aliphatic heterocycles. The van der Waals surface area contributed by atoms with Gasteiger partial charge in [0.2, 0.25) is 5.95 Å². The second-order valence-corrected chi connectivity index (χ2v) is 4.63. The molecular formula is C13H17F3N6. The van der Waals surface area contributed by atoms with Crippen LogP contribution in [0.3, 0.4) is 0 Å². The van der Waals surface area contributed by atoms with Crippen molar-refractivity contribution in [2.75, 3.05) is 18.4 Å². The van der Waals surface area contributed by atoms with Crippen molar-refractivity contribution in [3.8, 4) is 11.3 Å². The van der Waals surface area contributed by atoms with E-state index in [0.717, 1.165) is 11.8 Å². The molecule has 0 bridgehead atoms. The Hall–Kier alpha value is -2.16. The largest absolute Gasteiger partial charge is 0.433 e. The van der Waals surface area contributed by atoms with Crippen LogP contribution in [-0.4, -0.2) is 32.8 Å². The number of rotatable bonds is 5. The van der Waals surface area contributed by atoms with Crippen LogP contribution in [0.1, 0.15) is 18.3 Å². The van der Waals surface area contributed by atoms with Crippen LogP contribution < -0.4 is 11.1 Å². The van der Waals surface area contributed by atoms with Crippen molar-refractivity contribution < 1.29 is 13.2 Å².